The van der Waals surface area contributed by atoms with Crippen molar-refractivity contribution in [2.24, 2.45) is 0 Å². The van der Waals surface area contributed by atoms with Gasteiger partial charge in [0.1, 0.15) is 11.0 Å². The Morgan fingerprint density at radius 1 is 1.20 bits per heavy atom. The van der Waals surface area contributed by atoms with Crippen LogP contribution in [0.5, 0.6) is 0 Å². The third-order valence-electron chi connectivity index (χ3n) is 4.98. The topological polar surface area (TPSA) is 88.8 Å². The van der Waals surface area contributed by atoms with Crippen molar-refractivity contribution in [3.05, 3.63) is 35.2 Å². The number of halogens is 1. The summed E-state index contributed by atoms with van der Waals surface area (Å²) in [5.41, 5.74) is 1.28. The van der Waals surface area contributed by atoms with Gasteiger partial charge in [-0.1, -0.05) is 30.3 Å². The lowest BCUT2D eigenvalue weighted by molar-refractivity contribution is 0.0951. The highest BCUT2D eigenvalue weighted by Crippen LogP contribution is 2.29. The lowest BCUT2D eigenvalue weighted by Crippen LogP contribution is -2.30. The summed E-state index contributed by atoms with van der Waals surface area (Å²) >= 11 is 7.41. The molecular formula is C20H24ClN7OS. The molecule has 0 aromatic carbocycles. The standard InChI is InChI=1S/C20H24ClN7OS/c1-2-30-20-25-17(27-9-4-3-5-10-27)15-13-24-28(18(15)26-20)11-8-22-19(29)14-6-7-16(21)23-12-14/h6-7,12-13H,2-5,8-11H2,1H3,(H,22,29). The summed E-state index contributed by atoms with van der Waals surface area (Å²) in [6, 6.07) is 3.25. The van der Waals surface area contributed by atoms with Crippen LogP contribution in [0, 0.1) is 0 Å². The molecule has 0 spiro atoms. The van der Waals surface area contributed by atoms with Crippen molar-refractivity contribution in [2.45, 2.75) is 37.9 Å². The Bertz CT molecular complexity index is 1020. The summed E-state index contributed by atoms with van der Waals surface area (Å²) in [4.78, 5) is 28.1. The highest BCUT2D eigenvalue weighted by Gasteiger charge is 2.20. The summed E-state index contributed by atoms with van der Waals surface area (Å²) in [5.74, 6) is 1.68. The zero-order valence-corrected chi connectivity index (χ0v) is 18.4. The van der Waals surface area contributed by atoms with Gasteiger partial charge >= 0.3 is 0 Å². The number of carbonyl (C=O) groups is 1. The maximum atomic E-state index is 12.3. The third-order valence-corrected chi connectivity index (χ3v) is 5.94. The molecule has 3 aromatic heterocycles. The maximum absolute atomic E-state index is 12.3. The molecule has 1 amide bonds. The summed E-state index contributed by atoms with van der Waals surface area (Å²) in [6.07, 6.45) is 6.93. The number of hydrogen-bond donors (Lipinski definition) is 1. The van der Waals surface area contributed by atoms with Gasteiger partial charge in [0, 0.05) is 25.8 Å². The van der Waals surface area contributed by atoms with Crippen molar-refractivity contribution in [1.82, 2.24) is 30.0 Å². The maximum Gasteiger partial charge on any atom is 0.252 e. The van der Waals surface area contributed by atoms with Crippen LogP contribution in [0.15, 0.2) is 29.7 Å². The minimum Gasteiger partial charge on any atom is -0.356 e. The number of amides is 1. The second-order valence-electron chi connectivity index (χ2n) is 7.04. The normalized spacial score (nSPS) is 14.3. The molecule has 3 aromatic rings. The molecule has 10 heteroatoms. The van der Waals surface area contributed by atoms with Gasteiger partial charge in [-0.2, -0.15) is 5.10 Å². The SMILES string of the molecule is CCSc1nc(N2CCCCC2)c2cnn(CCNC(=O)c3ccc(Cl)nc3)c2n1. The van der Waals surface area contributed by atoms with Crippen molar-refractivity contribution in [3.63, 3.8) is 0 Å². The molecule has 8 nitrogen and oxygen atoms in total. The van der Waals surface area contributed by atoms with E-state index in [9.17, 15) is 4.79 Å². The number of nitrogens with zero attached hydrogens (tertiary/aromatic N) is 6. The predicted octanol–water partition coefficient (Wildman–Crippen LogP) is 3.41. The fourth-order valence-corrected chi connectivity index (χ4v) is 4.18. The van der Waals surface area contributed by atoms with E-state index in [1.54, 1.807) is 23.9 Å². The molecular weight excluding hydrogens is 422 g/mol. The molecule has 1 aliphatic rings. The Morgan fingerprint density at radius 2 is 2.03 bits per heavy atom. The van der Waals surface area contributed by atoms with E-state index >= 15 is 0 Å². The summed E-state index contributed by atoms with van der Waals surface area (Å²) < 4.78 is 1.84. The van der Waals surface area contributed by atoms with Gasteiger partial charge in [0.15, 0.2) is 10.8 Å². The van der Waals surface area contributed by atoms with Gasteiger partial charge in [-0.15, -0.1) is 0 Å². The smallest absolute Gasteiger partial charge is 0.252 e. The molecule has 158 valence electrons. The van der Waals surface area contributed by atoms with Crippen LogP contribution in [0.25, 0.3) is 11.0 Å². The average Bonchev–Trinajstić information content (AvgIpc) is 3.17. The van der Waals surface area contributed by atoms with Crippen LogP contribution in [-0.4, -0.2) is 56.0 Å². The lowest BCUT2D eigenvalue weighted by Gasteiger charge is -2.28. The first-order valence-corrected chi connectivity index (χ1v) is 11.5. The van der Waals surface area contributed by atoms with E-state index in [1.165, 1.54) is 25.5 Å². The van der Waals surface area contributed by atoms with Crippen LogP contribution in [0.1, 0.15) is 36.5 Å². The number of anilines is 1. The molecule has 30 heavy (non-hydrogen) atoms. The van der Waals surface area contributed by atoms with Crippen LogP contribution >= 0.6 is 23.4 Å². The molecule has 0 aliphatic carbocycles. The van der Waals surface area contributed by atoms with Gasteiger partial charge in [-0.3, -0.25) is 4.79 Å². The summed E-state index contributed by atoms with van der Waals surface area (Å²) in [5, 5.41) is 9.52. The molecule has 1 fully saturated rings. The van der Waals surface area contributed by atoms with Crippen molar-refractivity contribution >= 4 is 46.1 Å². The van der Waals surface area contributed by atoms with Gasteiger partial charge in [0.2, 0.25) is 0 Å². The van der Waals surface area contributed by atoms with Crippen LogP contribution in [-0.2, 0) is 6.54 Å². The second-order valence-corrected chi connectivity index (χ2v) is 8.66. The van der Waals surface area contributed by atoms with Gasteiger partial charge in [0.05, 0.1) is 23.7 Å². The predicted molar refractivity (Wildman–Crippen MR) is 119 cm³/mol. The van der Waals surface area contributed by atoms with Gasteiger partial charge in [-0.05, 0) is 37.1 Å². The molecule has 0 saturated carbocycles. The van der Waals surface area contributed by atoms with E-state index in [1.807, 2.05) is 10.9 Å². The molecule has 4 heterocycles. The quantitative estimate of drug-likeness (QED) is 0.338. The van der Waals surface area contributed by atoms with Crippen LogP contribution < -0.4 is 10.2 Å². The van der Waals surface area contributed by atoms with Crippen LogP contribution in [0.4, 0.5) is 5.82 Å². The number of pyridine rings is 1. The van der Waals surface area contributed by atoms with Crippen molar-refractivity contribution in [2.75, 3.05) is 30.3 Å². The first-order chi connectivity index (χ1) is 14.7. The fraction of sp³-hybridized carbons (Fsp3) is 0.450. The first-order valence-electron chi connectivity index (χ1n) is 10.2. The molecule has 4 rings (SSSR count). The number of thioether (sulfide) groups is 1. The zero-order valence-electron chi connectivity index (χ0n) is 16.8. The Hall–Kier alpha value is -2.39. The average molecular weight is 446 g/mol. The van der Waals surface area contributed by atoms with E-state index in [0.29, 0.717) is 23.8 Å². The number of hydrogen-bond acceptors (Lipinski definition) is 7. The Morgan fingerprint density at radius 3 is 2.77 bits per heavy atom. The van der Waals surface area contributed by atoms with Crippen molar-refractivity contribution in [3.8, 4) is 0 Å². The minimum atomic E-state index is -0.193. The Kier molecular flexibility index (Phi) is 6.69. The van der Waals surface area contributed by atoms with Crippen molar-refractivity contribution < 1.29 is 4.79 Å². The van der Waals surface area contributed by atoms with Crippen LogP contribution in [0.2, 0.25) is 5.15 Å². The number of nitrogens with one attached hydrogen (secondary N) is 1. The molecule has 1 saturated heterocycles. The first kappa shape index (κ1) is 20.9. The Balaban J connectivity index is 1.51. The number of carbonyl (C=O) groups excluding carboxylic acids is 1. The molecule has 0 bridgehead atoms. The molecule has 1 N–H and O–H groups in total. The highest BCUT2D eigenvalue weighted by atomic mass is 35.5. The van der Waals surface area contributed by atoms with E-state index in [-0.39, 0.29) is 5.91 Å². The number of fused-ring (bicyclic) bond motifs is 1. The molecule has 0 radical (unpaired) electrons. The molecule has 1 aliphatic heterocycles. The van der Waals surface area contributed by atoms with Gasteiger partial charge < -0.3 is 10.2 Å². The van der Waals surface area contributed by atoms with Crippen molar-refractivity contribution in [1.29, 1.82) is 0 Å². The number of rotatable bonds is 7. The molecule has 0 unspecified atom stereocenters. The van der Waals surface area contributed by atoms with E-state index in [2.05, 4.69) is 27.2 Å². The Labute approximate surface area is 184 Å². The summed E-state index contributed by atoms with van der Waals surface area (Å²) in [7, 11) is 0. The largest absolute Gasteiger partial charge is 0.356 e. The van der Waals surface area contributed by atoms with E-state index < -0.39 is 0 Å². The monoisotopic (exact) mass is 445 g/mol. The van der Waals surface area contributed by atoms with Gasteiger partial charge in [-0.25, -0.2) is 19.6 Å². The minimum absolute atomic E-state index is 0.193. The number of aromatic nitrogens is 5. The summed E-state index contributed by atoms with van der Waals surface area (Å²) in [6.45, 7) is 5.06. The third kappa shape index (κ3) is 4.67. The zero-order chi connectivity index (χ0) is 20.9. The van der Waals surface area contributed by atoms with Crippen LogP contribution in [0.3, 0.4) is 0 Å². The lowest BCUT2D eigenvalue weighted by atomic mass is 10.1. The fourth-order valence-electron chi connectivity index (χ4n) is 3.51. The number of piperidine rings is 1. The van der Waals surface area contributed by atoms with Gasteiger partial charge in [0.25, 0.3) is 5.91 Å². The van der Waals surface area contributed by atoms with E-state index in [4.69, 9.17) is 21.6 Å². The molecule has 0 atom stereocenters. The second kappa shape index (κ2) is 9.61. The van der Waals surface area contributed by atoms with E-state index in [0.717, 1.165) is 40.9 Å². The highest BCUT2D eigenvalue weighted by molar-refractivity contribution is 7.99.